The first-order valence-electron chi connectivity index (χ1n) is 9.20. The van der Waals surface area contributed by atoms with Gasteiger partial charge in [-0.1, -0.05) is 22.0 Å². The summed E-state index contributed by atoms with van der Waals surface area (Å²) in [4.78, 5) is 5.10. The number of rotatable bonds is 7. The molecular formula is C19H29BrN2O2. The van der Waals surface area contributed by atoms with E-state index >= 15 is 0 Å². The highest BCUT2D eigenvalue weighted by atomic mass is 79.9. The summed E-state index contributed by atoms with van der Waals surface area (Å²) in [5.41, 5.74) is 0. The molecule has 1 aromatic carbocycles. The van der Waals surface area contributed by atoms with E-state index < -0.39 is 0 Å². The minimum absolute atomic E-state index is 0.773. The molecule has 0 spiro atoms. The molecule has 0 aliphatic carbocycles. The molecule has 134 valence electrons. The smallest absolute Gasteiger partial charge is 0.120 e. The Labute approximate surface area is 154 Å². The minimum atomic E-state index is 0.773. The Hall–Kier alpha value is -0.620. The average Bonchev–Trinajstić information content (AvgIpc) is 2.62. The van der Waals surface area contributed by atoms with Crippen molar-refractivity contribution in [3.8, 4) is 5.75 Å². The van der Waals surface area contributed by atoms with Crippen molar-refractivity contribution in [2.75, 3.05) is 59.1 Å². The maximum absolute atomic E-state index is 5.85. The fraction of sp³-hybridized carbons (Fsp3) is 0.684. The highest BCUT2D eigenvalue weighted by Gasteiger charge is 2.20. The Bertz CT molecular complexity index is 486. The molecule has 0 atom stereocenters. The molecule has 0 radical (unpaired) electrons. The number of nitrogens with zero attached hydrogens (tertiary/aromatic N) is 2. The highest BCUT2D eigenvalue weighted by Crippen LogP contribution is 2.21. The molecule has 0 amide bonds. The topological polar surface area (TPSA) is 24.9 Å². The molecule has 0 saturated carbocycles. The van der Waals surface area contributed by atoms with Gasteiger partial charge in [-0.15, -0.1) is 0 Å². The number of benzene rings is 1. The summed E-state index contributed by atoms with van der Waals surface area (Å²) in [6.07, 6.45) is 4.02. The summed E-state index contributed by atoms with van der Waals surface area (Å²) < 4.78 is 12.3. The molecule has 2 saturated heterocycles. The van der Waals surface area contributed by atoms with Crippen molar-refractivity contribution < 1.29 is 9.47 Å². The molecule has 2 aliphatic heterocycles. The van der Waals surface area contributed by atoms with E-state index in [1.54, 1.807) is 0 Å². The Kier molecular flexibility index (Phi) is 7.39. The number of hydrogen-bond acceptors (Lipinski definition) is 4. The molecule has 5 heteroatoms. The lowest BCUT2D eigenvalue weighted by atomic mass is 9.93. The van der Waals surface area contributed by atoms with E-state index in [4.69, 9.17) is 9.47 Å². The van der Waals surface area contributed by atoms with Gasteiger partial charge in [-0.2, -0.15) is 0 Å². The van der Waals surface area contributed by atoms with Crippen molar-refractivity contribution in [1.82, 2.24) is 9.80 Å². The van der Waals surface area contributed by atoms with E-state index in [1.165, 1.54) is 38.9 Å². The average molecular weight is 397 g/mol. The number of hydrogen-bond donors (Lipinski definition) is 0. The molecule has 3 rings (SSSR count). The van der Waals surface area contributed by atoms with Crippen LogP contribution in [-0.4, -0.2) is 68.9 Å². The zero-order chi connectivity index (χ0) is 16.6. The third-order valence-corrected chi connectivity index (χ3v) is 5.63. The second-order valence-electron chi connectivity index (χ2n) is 6.83. The van der Waals surface area contributed by atoms with Crippen molar-refractivity contribution >= 4 is 15.9 Å². The van der Waals surface area contributed by atoms with Gasteiger partial charge >= 0.3 is 0 Å². The lowest BCUT2D eigenvalue weighted by Crippen LogP contribution is -2.39. The van der Waals surface area contributed by atoms with Crippen LogP contribution in [-0.2, 0) is 4.74 Å². The van der Waals surface area contributed by atoms with E-state index in [2.05, 4.69) is 25.7 Å². The van der Waals surface area contributed by atoms with Crippen molar-refractivity contribution in [2.45, 2.75) is 19.3 Å². The van der Waals surface area contributed by atoms with Crippen LogP contribution in [0.3, 0.4) is 0 Å². The van der Waals surface area contributed by atoms with Gasteiger partial charge in [0.15, 0.2) is 0 Å². The first-order chi connectivity index (χ1) is 11.8. The molecule has 2 heterocycles. The van der Waals surface area contributed by atoms with Gasteiger partial charge in [-0.05, 0) is 63.0 Å². The second-order valence-corrected chi connectivity index (χ2v) is 7.75. The SMILES string of the molecule is Brc1cccc(OCCN2CCC(CCN3CCOCC3)CC2)c1. The summed E-state index contributed by atoms with van der Waals surface area (Å²) in [6.45, 7) is 9.55. The van der Waals surface area contributed by atoms with Gasteiger partial charge < -0.3 is 9.47 Å². The Balaban J connectivity index is 1.27. The number of halogens is 1. The predicted molar refractivity (Wildman–Crippen MR) is 101 cm³/mol. The van der Waals surface area contributed by atoms with Crippen LogP contribution in [0.25, 0.3) is 0 Å². The van der Waals surface area contributed by atoms with Gasteiger partial charge in [0.05, 0.1) is 13.2 Å². The third kappa shape index (κ3) is 6.03. The number of morpholine rings is 1. The maximum Gasteiger partial charge on any atom is 0.120 e. The molecule has 0 aromatic heterocycles. The van der Waals surface area contributed by atoms with E-state index in [1.807, 2.05) is 24.3 Å². The van der Waals surface area contributed by atoms with Crippen molar-refractivity contribution in [1.29, 1.82) is 0 Å². The molecule has 0 N–H and O–H groups in total. The Morgan fingerprint density at radius 1 is 1.04 bits per heavy atom. The van der Waals surface area contributed by atoms with Crippen LogP contribution in [0.2, 0.25) is 0 Å². The summed E-state index contributed by atoms with van der Waals surface area (Å²) >= 11 is 3.48. The number of ether oxygens (including phenoxy) is 2. The maximum atomic E-state index is 5.85. The van der Waals surface area contributed by atoms with Gasteiger partial charge in [-0.3, -0.25) is 9.80 Å². The van der Waals surface area contributed by atoms with Crippen LogP contribution in [0, 0.1) is 5.92 Å². The molecule has 4 nitrogen and oxygen atoms in total. The summed E-state index contributed by atoms with van der Waals surface area (Å²) in [5.74, 6) is 1.85. The zero-order valence-corrected chi connectivity index (χ0v) is 16.0. The standard InChI is InChI=1S/C19H29BrN2O2/c20-18-2-1-3-19(16-18)24-15-12-21-7-4-17(5-8-21)6-9-22-10-13-23-14-11-22/h1-3,16-17H,4-15H2. The fourth-order valence-electron chi connectivity index (χ4n) is 3.54. The Morgan fingerprint density at radius 2 is 1.79 bits per heavy atom. The normalized spacial score (nSPS) is 21.0. The van der Waals surface area contributed by atoms with Crippen LogP contribution in [0.15, 0.2) is 28.7 Å². The number of likely N-dealkylation sites (tertiary alicyclic amines) is 1. The molecule has 1 aromatic rings. The van der Waals surface area contributed by atoms with E-state index in [9.17, 15) is 0 Å². The first-order valence-corrected chi connectivity index (χ1v) is 10.00. The monoisotopic (exact) mass is 396 g/mol. The van der Waals surface area contributed by atoms with Crippen molar-refractivity contribution in [3.05, 3.63) is 28.7 Å². The Morgan fingerprint density at radius 3 is 2.54 bits per heavy atom. The van der Waals surface area contributed by atoms with Gasteiger partial charge in [0.1, 0.15) is 12.4 Å². The summed E-state index contributed by atoms with van der Waals surface area (Å²) in [5, 5.41) is 0. The van der Waals surface area contributed by atoms with Gasteiger partial charge in [0.2, 0.25) is 0 Å². The number of piperidine rings is 1. The molecule has 2 aliphatic rings. The minimum Gasteiger partial charge on any atom is -0.492 e. The quantitative estimate of drug-likeness (QED) is 0.705. The van der Waals surface area contributed by atoms with Crippen molar-refractivity contribution in [2.24, 2.45) is 5.92 Å². The molecule has 2 fully saturated rings. The van der Waals surface area contributed by atoms with E-state index in [0.717, 1.165) is 55.6 Å². The van der Waals surface area contributed by atoms with Crippen LogP contribution in [0.1, 0.15) is 19.3 Å². The first kappa shape index (κ1) is 18.2. The molecule has 0 unspecified atom stereocenters. The highest BCUT2D eigenvalue weighted by molar-refractivity contribution is 9.10. The fourth-order valence-corrected chi connectivity index (χ4v) is 3.92. The van der Waals surface area contributed by atoms with Crippen LogP contribution in [0.5, 0.6) is 5.75 Å². The van der Waals surface area contributed by atoms with Crippen LogP contribution >= 0.6 is 15.9 Å². The van der Waals surface area contributed by atoms with Gasteiger partial charge in [0.25, 0.3) is 0 Å². The predicted octanol–water partition coefficient (Wildman–Crippen LogP) is 3.26. The molecular weight excluding hydrogens is 368 g/mol. The van der Waals surface area contributed by atoms with Gasteiger partial charge in [-0.25, -0.2) is 0 Å². The molecule has 0 bridgehead atoms. The van der Waals surface area contributed by atoms with Crippen molar-refractivity contribution in [3.63, 3.8) is 0 Å². The van der Waals surface area contributed by atoms with E-state index in [0.29, 0.717) is 0 Å². The zero-order valence-electron chi connectivity index (χ0n) is 14.5. The summed E-state index contributed by atoms with van der Waals surface area (Å²) in [7, 11) is 0. The molecule has 24 heavy (non-hydrogen) atoms. The summed E-state index contributed by atoms with van der Waals surface area (Å²) in [6, 6.07) is 8.08. The second kappa shape index (κ2) is 9.76. The van der Waals surface area contributed by atoms with Crippen LogP contribution in [0.4, 0.5) is 0 Å². The third-order valence-electron chi connectivity index (χ3n) is 5.14. The van der Waals surface area contributed by atoms with Gasteiger partial charge in [0, 0.05) is 24.1 Å². The van der Waals surface area contributed by atoms with E-state index in [-0.39, 0.29) is 0 Å². The lowest BCUT2D eigenvalue weighted by Gasteiger charge is -2.33. The lowest BCUT2D eigenvalue weighted by molar-refractivity contribution is 0.0334. The van der Waals surface area contributed by atoms with Crippen LogP contribution < -0.4 is 4.74 Å². The largest absolute Gasteiger partial charge is 0.492 e.